The summed E-state index contributed by atoms with van der Waals surface area (Å²) in [6.45, 7) is 7.71. The van der Waals surface area contributed by atoms with Crippen molar-refractivity contribution in [2.24, 2.45) is 0 Å². The van der Waals surface area contributed by atoms with Crippen molar-refractivity contribution in [1.29, 1.82) is 0 Å². The highest BCUT2D eigenvalue weighted by atomic mass is 16.2. The summed E-state index contributed by atoms with van der Waals surface area (Å²) in [5.74, 6) is -0.233. The van der Waals surface area contributed by atoms with Gasteiger partial charge in [-0.25, -0.2) is 0 Å². The van der Waals surface area contributed by atoms with Crippen molar-refractivity contribution < 1.29 is 4.79 Å². The van der Waals surface area contributed by atoms with Gasteiger partial charge in [0.25, 0.3) is 5.91 Å². The lowest BCUT2D eigenvalue weighted by Gasteiger charge is -2.23. The Hall–Kier alpha value is -1.52. The molecule has 1 rings (SSSR count). The van der Waals surface area contributed by atoms with Crippen LogP contribution in [0.15, 0.2) is 0 Å². The molecule has 0 aliphatic carbocycles. The number of amides is 1. The van der Waals surface area contributed by atoms with Crippen LogP contribution in [0.4, 0.5) is 5.69 Å². The van der Waals surface area contributed by atoms with Crippen LogP contribution in [0.2, 0.25) is 0 Å². The molecule has 0 saturated carbocycles. The van der Waals surface area contributed by atoms with Crippen LogP contribution in [0.5, 0.6) is 0 Å². The number of anilines is 1. The number of hydrogen-bond donors (Lipinski definition) is 3. The van der Waals surface area contributed by atoms with Crippen molar-refractivity contribution in [3.8, 4) is 0 Å². The number of aromatic nitrogens is 2. The number of nitrogens with one attached hydrogen (secondary N) is 2. The topological polar surface area (TPSA) is 83.8 Å². The summed E-state index contributed by atoms with van der Waals surface area (Å²) in [6.07, 6.45) is 0.849. The molecule has 5 nitrogen and oxygen atoms in total. The molecular weight excluding hydrogens is 192 g/mol. The quantitative estimate of drug-likeness (QED) is 0.701. The number of hydrogen-bond acceptors (Lipinski definition) is 3. The number of H-pyrrole nitrogens is 1. The summed E-state index contributed by atoms with van der Waals surface area (Å²) in [6, 6.07) is 0. The van der Waals surface area contributed by atoms with Crippen molar-refractivity contribution in [3.63, 3.8) is 0 Å². The SMILES string of the molecule is CCC(C)(C)NC(=O)c1n[nH]c(C)c1N. The standard InChI is InChI=1S/C10H18N4O/c1-5-10(3,4)12-9(15)8-7(11)6(2)13-14-8/h5,11H2,1-4H3,(H,12,15)(H,13,14). The third-order valence-electron chi connectivity index (χ3n) is 2.55. The van der Waals surface area contributed by atoms with Gasteiger partial charge in [0.15, 0.2) is 5.69 Å². The average molecular weight is 210 g/mol. The molecule has 0 radical (unpaired) electrons. The van der Waals surface area contributed by atoms with Gasteiger partial charge in [0, 0.05) is 5.54 Å². The monoisotopic (exact) mass is 210 g/mol. The number of rotatable bonds is 3. The fraction of sp³-hybridized carbons (Fsp3) is 0.600. The van der Waals surface area contributed by atoms with Crippen LogP contribution in [0.1, 0.15) is 43.4 Å². The first-order valence-corrected chi connectivity index (χ1v) is 5.00. The minimum absolute atomic E-state index is 0.233. The first kappa shape index (κ1) is 11.6. The summed E-state index contributed by atoms with van der Waals surface area (Å²) < 4.78 is 0. The molecule has 0 unspecified atom stereocenters. The van der Waals surface area contributed by atoms with E-state index in [4.69, 9.17) is 5.73 Å². The van der Waals surface area contributed by atoms with Gasteiger partial charge in [-0.15, -0.1) is 0 Å². The van der Waals surface area contributed by atoms with Crippen molar-refractivity contribution in [3.05, 3.63) is 11.4 Å². The Morgan fingerprint density at radius 1 is 1.60 bits per heavy atom. The molecule has 0 atom stereocenters. The fourth-order valence-electron chi connectivity index (χ4n) is 1.07. The molecule has 1 amide bonds. The van der Waals surface area contributed by atoms with Gasteiger partial charge in [-0.2, -0.15) is 5.10 Å². The van der Waals surface area contributed by atoms with Crippen LogP contribution < -0.4 is 11.1 Å². The highest BCUT2D eigenvalue weighted by Gasteiger charge is 2.22. The Bertz CT molecular complexity index is 367. The molecule has 0 bridgehead atoms. The average Bonchev–Trinajstić information content (AvgIpc) is 2.47. The zero-order valence-corrected chi connectivity index (χ0v) is 9.64. The molecule has 4 N–H and O–H groups in total. The van der Waals surface area contributed by atoms with Crippen molar-refractivity contribution in [2.45, 2.75) is 39.7 Å². The predicted molar refractivity (Wildman–Crippen MR) is 59.6 cm³/mol. The van der Waals surface area contributed by atoms with Gasteiger partial charge in [-0.3, -0.25) is 9.89 Å². The third kappa shape index (κ3) is 2.49. The van der Waals surface area contributed by atoms with Gasteiger partial charge < -0.3 is 11.1 Å². The zero-order chi connectivity index (χ0) is 11.6. The van der Waals surface area contributed by atoms with Crippen LogP contribution in [0.25, 0.3) is 0 Å². The molecule has 1 aromatic rings. The van der Waals surface area contributed by atoms with E-state index in [0.29, 0.717) is 5.69 Å². The van der Waals surface area contributed by atoms with Gasteiger partial charge in [-0.1, -0.05) is 6.92 Å². The summed E-state index contributed by atoms with van der Waals surface area (Å²) in [5.41, 5.74) is 6.87. The van der Waals surface area contributed by atoms with Gasteiger partial charge in [0.2, 0.25) is 0 Å². The van der Waals surface area contributed by atoms with Crippen LogP contribution in [-0.4, -0.2) is 21.6 Å². The summed E-state index contributed by atoms with van der Waals surface area (Å²) in [4.78, 5) is 11.8. The van der Waals surface area contributed by atoms with E-state index in [2.05, 4.69) is 15.5 Å². The molecule has 84 valence electrons. The largest absolute Gasteiger partial charge is 0.395 e. The molecule has 15 heavy (non-hydrogen) atoms. The maximum atomic E-state index is 11.8. The van der Waals surface area contributed by atoms with E-state index in [1.54, 1.807) is 6.92 Å². The molecule has 1 heterocycles. The maximum absolute atomic E-state index is 11.8. The lowest BCUT2D eigenvalue weighted by molar-refractivity contribution is 0.0907. The van der Waals surface area contributed by atoms with E-state index in [-0.39, 0.29) is 17.1 Å². The molecule has 5 heteroatoms. The van der Waals surface area contributed by atoms with Gasteiger partial charge >= 0.3 is 0 Å². The fourth-order valence-corrected chi connectivity index (χ4v) is 1.07. The van der Waals surface area contributed by atoms with Gasteiger partial charge in [-0.05, 0) is 27.2 Å². The number of aromatic amines is 1. The Kier molecular flexibility index (Phi) is 3.02. The number of aryl methyl sites for hydroxylation is 1. The molecule has 1 aromatic heterocycles. The zero-order valence-electron chi connectivity index (χ0n) is 9.64. The Balaban J connectivity index is 2.83. The van der Waals surface area contributed by atoms with Crippen molar-refractivity contribution >= 4 is 11.6 Å². The molecule has 0 aliphatic heterocycles. The highest BCUT2D eigenvalue weighted by Crippen LogP contribution is 2.14. The Morgan fingerprint density at radius 3 is 2.60 bits per heavy atom. The Morgan fingerprint density at radius 2 is 2.20 bits per heavy atom. The van der Waals surface area contributed by atoms with Gasteiger partial charge in [0.05, 0.1) is 11.4 Å². The van der Waals surface area contributed by atoms with E-state index >= 15 is 0 Å². The second kappa shape index (κ2) is 3.92. The van der Waals surface area contributed by atoms with Crippen molar-refractivity contribution in [2.75, 3.05) is 5.73 Å². The van der Waals surface area contributed by atoms with E-state index in [9.17, 15) is 4.79 Å². The number of carbonyl (C=O) groups excluding carboxylic acids is 1. The first-order chi connectivity index (χ1) is 6.87. The van der Waals surface area contributed by atoms with E-state index < -0.39 is 0 Å². The Labute approximate surface area is 89.4 Å². The summed E-state index contributed by atoms with van der Waals surface area (Å²) in [7, 11) is 0. The van der Waals surface area contributed by atoms with E-state index in [1.165, 1.54) is 0 Å². The number of carbonyl (C=O) groups is 1. The number of nitrogens with zero attached hydrogens (tertiary/aromatic N) is 1. The number of nitrogens with two attached hydrogens (primary N) is 1. The lowest BCUT2D eigenvalue weighted by atomic mass is 10.0. The second-order valence-electron chi connectivity index (χ2n) is 4.30. The molecule has 0 fully saturated rings. The predicted octanol–water partition coefficient (Wildman–Crippen LogP) is 1.22. The smallest absolute Gasteiger partial charge is 0.274 e. The van der Waals surface area contributed by atoms with E-state index in [0.717, 1.165) is 12.1 Å². The normalized spacial score (nSPS) is 11.5. The molecule has 0 aromatic carbocycles. The first-order valence-electron chi connectivity index (χ1n) is 5.00. The molecule has 0 spiro atoms. The van der Waals surface area contributed by atoms with Gasteiger partial charge in [0.1, 0.15) is 0 Å². The molecule has 0 aliphatic rings. The maximum Gasteiger partial charge on any atom is 0.274 e. The third-order valence-corrected chi connectivity index (χ3v) is 2.55. The van der Waals surface area contributed by atoms with Crippen LogP contribution in [-0.2, 0) is 0 Å². The van der Waals surface area contributed by atoms with Crippen molar-refractivity contribution in [1.82, 2.24) is 15.5 Å². The minimum Gasteiger partial charge on any atom is -0.395 e. The number of nitrogen functional groups attached to an aromatic ring is 1. The van der Waals surface area contributed by atoms with E-state index in [1.807, 2.05) is 20.8 Å². The van der Waals surface area contributed by atoms with Crippen LogP contribution >= 0.6 is 0 Å². The summed E-state index contributed by atoms with van der Waals surface area (Å²) in [5, 5.41) is 9.43. The lowest BCUT2D eigenvalue weighted by Crippen LogP contribution is -2.43. The highest BCUT2D eigenvalue weighted by molar-refractivity contribution is 5.97. The van der Waals surface area contributed by atoms with Crippen LogP contribution in [0.3, 0.4) is 0 Å². The molecular formula is C10H18N4O. The summed E-state index contributed by atoms with van der Waals surface area (Å²) >= 11 is 0. The minimum atomic E-state index is -0.240. The molecule has 0 saturated heterocycles. The van der Waals surface area contributed by atoms with Crippen LogP contribution in [0, 0.1) is 6.92 Å². The second-order valence-corrected chi connectivity index (χ2v) is 4.30.